The van der Waals surface area contributed by atoms with Crippen LogP contribution in [0.3, 0.4) is 0 Å². The van der Waals surface area contributed by atoms with E-state index in [0.717, 1.165) is 10.8 Å². The molecule has 0 radical (unpaired) electrons. The zero-order chi connectivity index (χ0) is 23.7. The SMILES string of the molecule is COC(=O)C1=C([Si](C)(C)C)[C@@H]2C[C@@]3(C)C(=O)N(Cc4ccccc4)[C@@](C)(C2)[C@@]13C(=O)OC. The molecule has 7 heteroatoms. The van der Waals surface area contributed by atoms with Gasteiger partial charge in [0.25, 0.3) is 0 Å². The molecule has 0 N–H and O–H groups in total. The Kier molecular flexibility index (Phi) is 5.01. The number of hydrogen-bond acceptors (Lipinski definition) is 5. The molecule has 172 valence electrons. The number of esters is 2. The molecule has 4 bridgehead atoms. The summed E-state index contributed by atoms with van der Waals surface area (Å²) in [6.45, 7) is 10.8. The van der Waals surface area contributed by atoms with Crippen LogP contribution in [-0.2, 0) is 30.4 Å². The second kappa shape index (κ2) is 7.04. The minimum absolute atomic E-state index is 0.0574. The van der Waals surface area contributed by atoms with Gasteiger partial charge in [-0.15, -0.1) is 0 Å². The van der Waals surface area contributed by atoms with Crippen molar-refractivity contribution in [3.8, 4) is 0 Å². The predicted molar refractivity (Wildman–Crippen MR) is 123 cm³/mol. The predicted octanol–water partition coefficient (Wildman–Crippen LogP) is 3.72. The molecule has 0 spiro atoms. The highest BCUT2D eigenvalue weighted by Gasteiger charge is 2.83. The van der Waals surface area contributed by atoms with E-state index < -0.39 is 36.4 Å². The van der Waals surface area contributed by atoms with Gasteiger partial charge in [0.2, 0.25) is 5.91 Å². The van der Waals surface area contributed by atoms with Gasteiger partial charge in [0.15, 0.2) is 0 Å². The largest absolute Gasteiger partial charge is 0.468 e. The molecule has 2 fully saturated rings. The van der Waals surface area contributed by atoms with Crippen molar-refractivity contribution in [2.45, 2.75) is 58.4 Å². The Bertz CT molecular complexity index is 1030. The van der Waals surface area contributed by atoms with Crippen LogP contribution >= 0.6 is 0 Å². The van der Waals surface area contributed by atoms with Gasteiger partial charge < -0.3 is 14.4 Å². The number of rotatable bonds is 5. The van der Waals surface area contributed by atoms with Gasteiger partial charge in [0.1, 0.15) is 5.41 Å². The first kappa shape index (κ1) is 22.8. The summed E-state index contributed by atoms with van der Waals surface area (Å²) < 4.78 is 10.7. The molecule has 6 nitrogen and oxygen atoms in total. The summed E-state index contributed by atoms with van der Waals surface area (Å²) >= 11 is 0. The minimum atomic E-state index is -2.03. The Morgan fingerprint density at radius 3 is 2.22 bits per heavy atom. The number of amides is 1. The van der Waals surface area contributed by atoms with Crippen molar-refractivity contribution in [2.24, 2.45) is 16.7 Å². The number of likely N-dealkylation sites (tertiary alicyclic amines) is 1. The normalized spacial score (nSPS) is 33.5. The molecule has 0 aromatic heterocycles. The lowest BCUT2D eigenvalue weighted by atomic mass is 9.43. The van der Waals surface area contributed by atoms with E-state index >= 15 is 0 Å². The van der Waals surface area contributed by atoms with E-state index in [-0.39, 0.29) is 11.8 Å². The lowest BCUT2D eigenvalue weighted by Crippen LogP contribution is -2.69. The number of methoxy groups -OCH3 is 2. The summed E-state index contributed by atoms with van der Waals surface area (Å²) in [5.74, 6) is -1.06. The highest BCUT2D eigenvalue weighted by molar-refractivity contribution is 6.83. The van der Waals surface area contributed by atoms with Crippen LogP contribution in [0.25, 0.3) is 0 Å². The Labute approximate surface area is 191 Å². The molecule has 1 aromatic carbocycles. The van der Waals surface area contributed by atoms with Crippen molar-refractivity contribution < 1.29 is 23.9 Å². The third-order valence-corrected chi connectivity index (χ3v) is 10.4. The molecule has 4 aliphatic rings. The fourth-order valence-corrected chi connectivity index (χ4v) is 9.72. The molecule has 3 aliphatic carbocycles. The molecule has 4 atom stereocenters. The van der Waals surface area contributed by atoms with E-state index in [2.05, 4.69) is 19.6 Å². The molecule has 1 saturated heterocycles. The molecule has 5 rings (SSSR count). The number of carbonyl (C=O) groups excluding carboxylic acids is 3. The molecule has 1 aliphatic heterocycles. The highest BCUT2D eigenvalue weighted by Crippen LogP contribution is 2.74. The first-order valence-electron chi connectivity index (χ1n) is 11.2. The fourth-order valence-electron chi connectivity index (χ4n) is 7.25. The van der Waals surface area contributed by atoms with E-state index in [1.807, 2.05) is 49.1 Å². The maximum atomic E-state index is 14.1. The molecule has 1 heterocycles. The first-order chi connectivity index (χ1) is 14.9. The van der Waals surface area contributed by atoms with Crippen molar-refractivity contribution in [1.82, 2.24) is 4.90 Å². The Morgan fingerprint density at radius 2 is 1.69 bits per heavy atom. The fraction of sp³-hybridized carbons (Fsp3) is 0.560. The zero-order valence-electron chi connectivity index (χ0n) is 20.1. The number of hydrogen-bond donors (Lipinski definition) is 0. The highest BCUT2D eigenvalue weighted by atomic mass is 28.3. The van der Waals surface area contributed by atoms with Crippen LogP contribution in [0.5, 0.6) is 0 Å². The number of benzene rings is 1. The van der Waals surface area contributed by atoms with Gasteiger partial charge in [-0.3, -0.25) is 9.59 Å². The Hall–Kier alpha value is -2.41. The van der Waals surface area contributed by atoms with Crippen molar-refractivity contribution in [2.75, 3.05) is 14.2 Å². The Morgan fingerprint density at radius 1 is 1.06 bits per heavy atom. The second-order valence-corrected chi connectivity index (χ2v) is 15.9. The van der Waals surface area contributed by atoms with Crippen LogP contribution in [0.15, 0.2) is 41.1 Å². The number of carbonyl (C=O) groups is 3. The van der Waals surface area contributed by atoms with E-state index in [1.54, 1.807) is 0 Å². The average Bonchev–Trinajstić information content (AvgIpc) is 2.83. The molecular formula is C25H33NO5Si. The van der Waals surface area contributed by atoms with Crippen molar-refractivity contribution >= 4 is 25.9 Å². The lowest BCUT2D eigenvalue weighted by Gasteiger charge is -2.60. The summed E-state index contributed by atoms with van der Waals surface area (Å²) in [6, 6.07) is 9.78. The van der Waals surface area contributed by atoms with Crippen LogP contribution in [0, 0.1) is 16.7 Å². The van der Waals surface area contributed by atoms with Crippen molar-refractivity contribution in [3.63, 3.8) is 0 Å². The van der Waals surface area contributed by atoms with Gasteiger partial charge >= 0.3 is 11.9 Å². The first-order valence-corrected chi connectivity index (χ1v) is 14.7. The van der Waals surface area contributed by atoms with Gasteiger partial charge in [-0.2, -0.15) is 0 Å². The van der Waals surface area contributed by atoms with E-state index in [4.69, 9.17) is 9.47 Å². The second-order valence-electron chi connectivity index (χ2n) is 10.9. The van der Waals surface area contributed by atoms with Crippen LogP contribution in [-0.4, -0.2) is 50.6 Å². The van der Waals surface area contributed by atoms with Crippen LogP contribution < -0.4 is 0 Å². The molecule has 0 unspecified atom stereocenters. The summed E-state index contributed by atoms with van der Waals surface area (Å²) in [5, 5.41) is 1.05. The number of nitrogens with zero attached hydrogens (tertiary/aromatic N) is 1. The van der Waals surface area contributed by atoms with Gasteiger partial charge in [-0.1, -0.05) is 55.2 Å². The van der Waals surface area contributed by atoms with Crippen molar-refractivity contribution in [1.29, 1.82) is 0 Å². The maximum absolute atomic E-state index is 14.1. The molecule has 1 amide bonds. The minimum Gasteiger partial charge on any atom is -0.468 e. The van der Waals surface area contributed by atoms with E-state index in [9.17, 15) is 14.4 Å². The van der Waals surface area contributed by atoms with Crippen molar-refractivity contribution in [3.05, 3.63) is 46.7 Å². The number of allylic oxidation sites excluding steroid dienone is 1. The third-order valence-electron chi connectivity index (χ3n) is 8.17. The lowest BCUT2D eigenvalue weighted by molar-refractivity contribution is -0.173. The summed E-state index contributed by atoms with van der Waals surface area (Å²) in [6.07, 6.45) is 1.18. The molecule has 1 aromatic rings. The average molecular weight is 456 g/mol. The summed E-state index contributed by atoms with van der Waals surface area (Å²) in [4.78, 5) is 43.2. The number of ether oxygens (including phenoxy) is 2. The Balaban J connectivity index is 2.06. The van der Waals surface area contributed by atoms with Gasteiger partial charge in [-0.25, -0.2) is 4.79 Å². The summed E-state index contributed by atoms with van der Waals surface area (Å²) in [7, 11) is 0.662. The van der Waals surface area contributed by atoms with Crippen LogP contribution in [0.2, 0.25) is 19.6 Å². The molecular weight excluding hydrogens is 422 g/mol. The molecule has 32 heavy (non-hydrogen) atoms. The summed E-state index contributed by atoms with van der Waals surface area (Å²) in [5.41, 5.74) is -1.99. The van der Waals surface area contributed by atoms with Crippen LogP contribution in [0.4, 0.5) is 0 Å². The van der Waals surface area contributed by atoms with Gasteiger partial charge in [0.05, 0.1) is 38.8 Å². The standard InChI is InChI=1S/C25H33NO5Si/c1-23-13-17-14-24(2,26(21(23)28)15-16-11-9-8-10-12-16)25(23,22(29)31-4)18(20(27)30-3)19(17)32(5,6)7/h8-12,17H,13-15H2,1-7H3/t17-,23+,24+,25-/m1/s1. The van der Waals surface area contributed by atoms with E-state index in [0.29, 0.717) is 25.0 Å². The van der Waals surface area contributed by atoms with Gasteiger partial charge in [-0.05, 0) is 38.2 Å². The quantitative estimate of drug-likeness (QED) is 0.500. The molecule has 1 saturated carbocycles. The maximum Gasteiger partial charge on any atom is 0.334 e. The third kappa shape index (κ3) is 2.54. The van der Waals surface area contributed by atoms with Crippen LogP contribution in [0.1, 0.15) is 32.3 Å². The van der Waals surface area contributed by atoms with Gasteiger partial charge in [0, 0.05) is 6.54 Å². The zero-order valence-corrected chi connectivity index (χ0v) is 21.1. The topological polar surface area (TPSA) is 72.9 Å². The monoisotopic (exact) mass is 455 g/mol. The van der Waals surface area contributed by atoms with E-state index in [1.165, 1.54) is 14.2 Å². The smallest absolute Gasteiger partial charge is 0.334 e.